The molecule has 1 unspecified atom stereocenters. The SMILES string of the molecule is CCNCC12CC=C1CC2. The summed E-state index contributed by atoms with van der Waals surface area (Å²) in [5.41, 5.74) is 2.39. The lowest BCUT2D eigenvalue weighted by Crippen LogP contribution is -2.46. The van der Waals surface area contributed by atoms with Crippen LogP contribution in [0.1, 0.15) is 26.2 Å². The van der Waals surface area contributed by atoms with E-state index in [9.17, 15) is 0 Å². The van der Waals surface area contributed by atoms with Crippen LogP contribution in [0, 0.1) is 5.41 Å². The molecule has 2 aliphatic rings. The minimum absolute atomic E-state index is 0.663. The second-order valence-corrected chi connectivity index (χ2v) is 3.49. The average Bonchev–Trinajstić information content (AvgIpc) is 1.95. The van der Waals surface area contributed by atoms with Crippen molar-refractivity contribution in [2.75, 3.05) is 13.1 Å². The molecular formula is C9H15N. The molecule has 1 nitrogen and oxygen atoms in total. The summed E-state index contributed by atoms with van der Waals surface area (Å²) >= 11 is 0. The highest BCUT2D eigenvalue weighted by Gasteiger charge is 2.45. The van der Waals surface area contributed by atoms with E-state index in [0.717, 1.165) is 6.54 Å². The molecule has 0 saturated heterocycles. The van der Waals surface area contributed by atoms with E-state index in [4.69, 9.17) is 0 Å². The van der Waals surface area contributed by atoms with Crippen LogP contribution in [0.3, 0.4) is 0 Å². The summed E-state index contributed by atoms with van der Waals surface area (Å²) in [7, 11) is 0. The Morgan fingerprint density at radius 2 is 2.60 bits per heavy atom. The minimum atomic E-state index is 0.663. The van der Waals surface area contributed by atoms with E-state index in [2.05, 4.69) is 18.3 Å². The standard InChI is InChI=1S/C9H15N/c1-2-10-7-9-5-3-8(9)4-6-9/h3,10H,2,4-7H2,1H3. The van der Waals surface area contributed by atoms with Crippen LogP contribution in [-0.2, 0) is 0 Å². The molecule has 1 fully saturated rings. The number of allylic oxidation sites excluding steroid dienone is 1. The van der Waals surface area contributed by atoms with Crippen molar-refractivity contribution in [3.05, 3.63) is 11.6 Å². The normalized spacial score (nSPS) is 35.5. The van der Waals surface area contributed by atoms with Gasteiger partial charge in [0.15, 0.2) is 0 Å². The van der Waals surface area contributed by atoms with E-state index >= 15 is 0 Å². The molecule has 0 aliphatic heterocycles. The predicted molar refractivity (Wildman–Crippen MR) is 42.9 cm³/mol. The molecular weight excluding hydrogens is 122 g/mol. The first-order valence-corrected chi connectivity index (χ1v) is 4.28. The monoisotopic (exact) mass is 137 g/mol. The van der Waals surface area contributed by atoms with Crippen LogP contribution in [-0.4, -0.2) is 13.1 Å². The molecule has 0 aromatic heterocycles. The Bertz CT molecular complexity index is 172. The minimum Gasteiger partial charge on any atom is -0.316 e. The fraction of sp³-hybridized carbons (Fsp3) is 0.778. The summed E-state index contributed by atoms with van der Waals surface area (Å²) in [4.78, 5) is 0. The van der Waals surface area contributed by atoms with Gasteiger partial charge in [-0.25, -0.2) is 0 Å². The summed E-state index contributed by atoms with van der Waals surface area (Å²) in [5.74, 6) is 0. The van der Waals surface area contributed by atoms with Gasteiger partial charge >= 0.3 is 0 Å². The summed E-state index contributed by atoms with van der Waals surface area (Å²) in [5, 5.41) is 3.43. The maximum atomic E-state index is 3.43. The summed E-state index contributed by atoms with van der Waals surface area (Å²) in [6.45, 7) is 4.53. The van der Waals surface area contributed by atoms with Crippen molar-refractivity contribution >= 4 is 0 Å². The van der Waals surface area contributed by atoms with Gasteiger partial charge in [0.2, 0.25) is 0 Å². The summed E-state index contributed by atoms with van der Waals surface area (Å²) in [6, 6.07) is 0. The average molecular weight is 137 g/mol. The number of hydrogen-bond donors (Lipinski definition) is 1. The zero-order valence-electron chi connectivity index (χ0n) is 6.61. The van der Waals surface area contributed by atoms with Crippen molar-refractivity contribution < 1.29 is 0 Å². The summed E-state index contributed by atoms with van der Waals surface area (Å²) in [6.07, 6.45) is 6.56. The maximum Gasteiger partial charge on any atom is 0.00742 e. The summed E-state index contributed by atoms with van der Waals surface area (Å²) < 4.78 is 0. The second-order valence-electron chi connectivity index (χ2n) is 3.49. The first-order chi connectivity index (χ1) is 4.87. The van der Waals surface area contributed by atoms with Crippen molar-refractivity contribution in [1.29, 1.82) is 0 Å². The molecule has 0 heterocycles. The lowest BCUT2D eigenvalue weighted by molar-refractivity contribution is 0.194. The first-order valence-electron chi connectivity index (χ1n) is 4.28. The van der Waals surface area contributed by atoms with E-state index in [0.29, 0.717) is 5.41 Å². The van der Waals surface area contributed by atoms with Gasteiger partial charge in [0.1, 0.15) is 0 Å². The van der Waals surface area contributed by atoms with Gasteiger partial charge in [0.05, 0.1) is 0 Å². The number of hydrogen-bond acceptors (Lipinski definition) is 1. The largest absolute Gasteiger partial charge is 0.316 e. The van der Waals surface area contributed by atoms with E-state index in [1.807, 2.05) is 0 Å². The number of rotatable bonds is 3. The second kappa shape index (κ2) is 2.09. The third-order valence-corrected chi connectivity index (χ3v) is 3.01. The molecule has 2 rings (SSSR count). The Labute approximate surface area is 62.5 Å². The van der Waals surface area contributed by atoms with Crippen LogP contribution in [0.4, 0.5) is 0 Å². The number of nitrogens with one attached hydrogen (secondary N) is 1. The molecule has 0 radical (unpaired) electrons. The van der Waals surface area contributed by atoms with Crippen molar-refractivity contribution in [3.63, 3.8) is 0 Å². The molecule has 56 valence electrons. The Balaban J connectivity index is 1.88. The van der Waals surface area contributed by atoms with Gasteiger partial charge < -0.3 is 5.32 Å². The molecule has 0 aromatic rings. The maximum absolute atomic E-state index is 3.43. The zero-order chi connectivity index (χ0) is 7.03. The highest BCUT2D eigenvalue weighted by Crippen LogP contribution is 2.55. The van der Waals surface area contributed by atoms with Crippen molar-refractivity contribution in [1.82, 2.24) is 5.32 Å². The highest BCUT2D eigenvalue weighted by atomic mass is 14.9. The molecule has 1 atom stereocenters. The molecule has 0 spiro atoms. The molecule has 0 amide bonds. The zero-order valence-corrected chi connectivity index (χ0v) is 6.61. The van der Waals surface area contributed by atoms with Crippen molar-refractivity contribution in [2.45, 2.75) is 26.2 Å². The van der Waals surface area contributed by atoms with Crippen LogP contribution < -0.4 is 5.32 Å². The molecule has 1 N–H and O–H groups in total. The topological polar surface area (TPSA) is 12.0 Å². The molecule has 0 aromatic carbocycles. The third kappa shape index (κ3) is 0.671. The highest BCUT2D eigenvalue weighted by molar-refractivity contribution is 5.34. The van der Waals surface area contributed by atoms with Crippen molar-refractivity contribution in [3.8, 4) is 0 Å². The Hall–Kier alpha value is -0.300. The Kier molecular flexibility index (Phi) is 1.34. The molecule has 10 heavy (non-hydrogen) atoms. The van der Waals surface area contributed by atoms with Gasteiger partial charge in [-0.2, -0.15) is 0 Å². The fourth-order valence-electron chi connectivity index (χ4n) is 2.00. The van der Waals surface area contributed by atoms with E-state index in [1.54, 1.807) is 5.57 Å². The van der Waals surface area contributed by atoms with E-state index in [-0.39, 0.29) is 0 Å². The fourth-order valence-corrected chi connectivity index (χ4v) is 2.00. The van der Waals surface area contributed by atoms with Crippen molar-refractivity contribution in [2.24, 2.45) is 5.41 Å². The van der Waals surface area contributed by atoms with Crippen LogP contribution in [0.25, 0.3) is 0 Å². The van der Waals surface area contributed by atoms with E-state index < -0.39 is 0 Å². The quantitative estimate of drug-likeness (QED) is 0.584. The first kappa shape index (κ1) is 6.41. The van der Waals surface area contributed by atoms with Gasteiger partial charge in [0, 0.05) is 12.0 Å². The Morgan fingerprint density at radius 3 is 2.90 bits per heavy atom. The van der Waals surface area contributed by atoms with Gasteiger partial charge in [-0.1, -0.05) is 18.6 Å². The lowest BCUT2D eigenvalue weighted by Gasteiger charge is -2.51. The van der Waals surface area contributed by atoms with Crippen LogP contribution in [0.2, 0.25) is 0 Å². The van der Waals surface area contributed by atoms with Crippen LogP contribution >= 0.6 is 0 Å². The third-order valence-electron chi connectivity index (χ3n) is 3.01. The van der Waals surface area contributed by atoms with Gasteiger partial charge in [0.25, 0.3) is 0 Å². The van der Waals surface area contributed by atoms with Crippen LogP contribution in [0.15, 0.2) is 11.6 Å². The molecule has 1 saturated carbocycles. The van der Waals surface area contributed by atoms with Crippen LogP contribution in [0.5, 0.6) is 0 Å². The molecule has 1 heteroatoms. The van der Waals surface area contributed by atoms with Gasteiger partial charge in [-0.15, -0.1) is 0 Å². The predicted octanol–water partition coefficient (Wildman–Crippen LogP) is 1.71. The smallest absolute Gasteiger partial charge is 0.00742 e. The molecule has 0 bridgehead atoms. The van der Waals surface area contributed by atoms with Gasteiger partial charge in [-0.3, -0.25) is 0 Å². The van der Waals surface area contributed by atoms with E-state index in [1.165, 1.54) is 25.8 Å². The Morgan fingerprint density at radius 1 is 1.70 bits per heavy atom. The number of fused-ring (bicyclic) bond motifs is 1. The molecule has 2 aliphatic carbocycles. The van der Waals surface area contributed by atoms with Gasteiger partial charge in [-0.05, 0) is 25.8 Å². The lowest BCUT2D eigenvalue weighted by atomic mass is 9.55.